The van der Waals surface area contributed by atoms with Gasteiger partial charge in [-0.05, 0) is 24.1 Å². The van der Waals surface area contributed by atoms with Crippen LogP contribution in [0.2, 0.25) is 0 Å². The van der Waals surface area contributed by atoms with Gasteiger partial charge in [-0.25, -0.2) is 4.79 Å². The number of carboxylic acid groups (broad SMARTS) is 1. The van der Waals surface area contributed by atoms with E-state index in [1.54, 1.807) is 23.8 Å². The number of aryl methyl sites for hydroxylation is 1. The fourth-order valence-electron chi connectivity index (χ4n) is 2.46. The molecule has 5 nitrogen and oxygen atoms in total. The number of hydrogen-bond acceptors (Lipinski definition) is 2. The minimum atomic E-state index is -0.796. The Morgan fingerprint density at radius 3 is 2.38 bits per heavy atom. The first-order chi connectivity index (χ1) is 9.93. The zero-order valence-corrected chi connectivity index (χ0v) is 12.7. The second kappa shape index (κ2) is 6.16. The van der Waals surface area contributed by atoms with Crippen molar-refractivity contribution in [2.45, 2.75) is 20.3 Å². The van der Waals surface area contributed by atoms with Crippen molar-refractivity contribution in [1.29, 1.82) is 0 Å². The number of likely N-dealkylation sites (tertiary alicyclic amines) is 1. The van der Waals surface area contributed by atoms with Crippen LogP contribution in [0.5, 0.6) is 0 Å². The normalized spacial score (nSPS) is 16.2. The lowest BCUT2D eigenvalue weighted by Crippen LogP contribution is -2.56. The summed E-state index contributed by atoms with van der Waals surface area (Å²) in [5.41, 5.74) is 2.09. The third-order valence-corrected chi connectivity index (χ3v) is 4.30. The fraction of sp³-hybridized carbons (Fsp3) is 0.500. The third kappa shape index (κ3) is 3.17. The highest BCUT2D eigenvalue weighted by molar-refractivity contribution is 5.92. The highest BCUT2D eigenvalue weighted by Crippen LogP contribution is 2.26. The van der Waals surface area contributed by atoms with E-state index in [4.69, 9.17) is 5.11 Å². The van der Waals surface area contributed by atoms with Crippen LogP contribution in [0.15, 0.2) is 24.3 Å². The lowest BCUT2D eigenvalue weighted by Gasteiger charge is -2.42. The SMILES string of the molecule is CCc1ccc(N(C)C(=O)N2CC(C(C)C(=O)O)C2)cc1. The number of anilines is 1. The van der Waals surface area contributed by atoms with E-state index in [1.165, 1.54) is 5.56 Å². The van der Waals surface area contributed by atoms with Gasteiger partial charge < -0.3 is 10.0 Å². The highest BCUT2D eigenvalue weighted by atomic mass is 16.4. The zero-order chi connectivity index (χ0) is 15.6. The Hall–Kier alpha value is -2.04. The number of benzene rings is 1. The van der Waals surface area contributed by atoms with Gasteiger partial charge in [0.1, 0.15) is 0 Å². The average molecular weight is 290 g/mol. The molecule has 5 heteroatoms. The second-order valence-electron chi connectivity index (χ2n) is 5.65. The van der Waals surface area contributed by atoms with Crippen LogP contribution in [-0.4, -0.2) is 42.1 Å². The average Bonchev–Trinajstić information content (AvgIpc) is 2.44. The summed E-state index contributed by atoms with van der Waals surface area (Å²) in [5.74, 6) is -1.14. The topological polar surface area (TPSA) is 60.9 Å². The molecule has 2 rings (SSSR count). The monoisotopic (exact) mass is 290 g/mol. The summed E-state index contributed by atoms with van der Waals surface area (Å²) in [7, 11) is 1.75. The molecular weight excluding hydrogens is 268 g/mol. The van der Waals surface area contributed by atoms with E-state index in [2.05, 4.69) is 6.92 Å². The van der Waals surface area contributed by atoms with Gasteiger partial charge in [0, 0.05) is 31.7 Å². The summed E-state index contributed by atoms with van der Waals surface area (Å²) >= 11 is 0. The zero-order valence-electron chi connectivity index (χ0n) is 12.7. The van der Waals surface area contributed by atoms with Crippen LogP contribution in [0.1, 0.15) is 19.4 Å². The maximum absolute atomic E-state index is 12.3. The Morgan fingerprint density at radius 2 is 1.90 bits per heavy atom. The Balaban J connectivity index is 1.93. The molecule has 0 bridgehead atoms. The molecule has 114 valence electrons. The first-order valence-electron chi connectivity index (χ1n) is 7.28. The van der Waals surface area contributed by atoms with Gasteiger partial charge in [0.2, 0.25) is 0 Å². The first-order valence-corrected chi connectivity index (χ1v) is 7.28. The smallest absolute Gasteiger partial charge is 0.324 e. The molecular formula is C16H22N2O3. The fourth-order valence-corrected chi connectivity index (χ4v) is 2.46. The summed E-state index contributed by atoms with van der Waals surface area (Å²) < 4.78 is 0. The lowest BCUT2D eigenvalue weighted by molar-refractivity contribution is -0.144. The lowest BCUT2D eigenvalue weighted by atomic mass is 9.87. The van der Waals surface area contributed by atoms with Crippen molar-refractivity contribution in [3.63, 3.8) is 0 Å². The standard InChI is InChI=1S/C16H22N2O3/c1-4-12-5-7-14(8-6-12)17(3)16(21)18-9-13(10-18)11(2)15(19)20/h5-8,11,13H,4,9-10H2,1-3H3,(H,19,20). The van der Waals surface area contributed by atoms with Gasteiger partial charge in [-0.3, -0.25) is 9.69 Å². The van der Waals surface area contributed by atoms with Gasteiger partial charge in [0.25, 0.3) is 0 Å². The molecule has 0 saturated carbocycles. The number of aliphatic carboxylic acids is 1. The molecule has 0 radical (unpaired) electrons. The molecule has 1 aromatic rings. The van der Waals surface area contributed by atoms with Gasteiger partial charge in [0.05, 0.1) is 5.92 Å². The van der Waals surface area contributed by atoms with Crippen molar-refractivity contribution in [2.24, 2.45) is 11.8 Å². The number of nitrogens with zero attached hydrogens (tertiary/aromatic N) is 2. The van der Waals surface area contributed by atoms with Crippen molar-refractivity contribution < 1.29 is 14.7 Å². The van der Waals surface area contributed by atoms with Gasteiger partial charge >= 0.3 is 12.0 Å². The van der Waals surface area contributed by atoms with E-state index in [0.717, 1.165) is 12.1 Å². The molecule has 1 aliphatic heterocycles. The Kier molecular flexibility index (Phi) is 4.50. The molecule has 1 aliphatic rings. The number of carbonyl (C=O) groups excluding carboxylic acids is 1. The van der Waals surface area contributed by atoms with Crippen LogP contribution in [0.4, 0.5) is 10.5 Å². The van der Waals surface area contributed by atoms with E-state index >= 15 is 0 Å². The minimum absolute atomic E-state index is 0.0577. The number of carbonyl (C=O) groups is 2. The molecule has 1 N–H and O–H groups in total. The summed E-state index contributed by atoms with van der Waals surface area (Å²) in [4.78, 5) is 26.5. The maximum atomic E-state index is 12.3. The van der Waals surface area contributed by atoms with E-state index < -0.39 is 11.9 Å². The van der Waals surface area contributed by atoms with Crippen molar-refractivity contribution >= 4 is 17.7 Å². The molecule has 21 heavy (non-hydrogen) atoms. The van der Waals surface area contributed by atoms with Crippen LogP contribution in [0, 0.1) is 11.8 Å². The van der Waals surface area contributed by atoms with Crippen molar-refractivity contribution in [2.75, 3.05) is 25.0 Å². The summed E-state index contributed by atoms with van der Waals surface area (Å²) in [6, 6.07) is 7.84. The van der Waals surface area contributed by atoms with Gasteiger partial charge in [-0.1, -0.05) is 26.0 Å². The number of carboxylic acids is 1. The van der Waals surface area contributed by atoms with Crippen molar-refractivity contribution in [1.82, 2.24) is 4.90 Å². The van der Waals surface area contributed by atoms with E-state index in [-0.39, 0.29) is 11.9 Å². The minimum Gasteiger partial charge on any atom is -0.481 e. The molecule has 2 amide bonds. The first kappa shape index (κ1) is 15.4. The molecule has 1 aromatic carbocycles. The number of hydrogen-bond donors (Lipinski definition) is 1. The molecule has 1 fully saturated rings. The van der Waals surface area contributed by atoms with E-state index in [1.807, 2.05) is 24.3 Å². The number of urea groups is 1. The van der Waals surface area contributed by atoms with Gasteiger partial charge in [0.15, 0.2) is 0 Å². The summed E-state index contributed by atoms with van der Waals surface area (Å²) in [5, 5.41) is 8.96. The molecule has 1 atom stereocenters. The second-order valence-corrected chi connectivity index (χ2v) is 5.65. The predicted octanol–water partition coefficient (Wildman–Crippen LogP) is 2.46. The van der Waals surface area contributed by atoms with Crippen LogP contribution in [0.25, 0.3) is 0 Å². The molecule has 1 heterocycles. The van der Waals surface area contributed by atoms with Crippen molar-refractivity contribution in [3.8, 4) is 0 Å². The number of amides is 2. The Morgan fingerprint density at radius 1 is 1.33 bits per heavy atom. The van der Waals surface area contributed by atoms with Gasteiger partial charge in [-0.2, -0.15) is 0 Å². The van der Waals surface area contributed by atoms with Crippen LogP contribution in [-0.2, 0) is 11.2 Å². The molecule has 1 saturated heterocycles. The predicted molar refractivity (Wildman–Crippen MR) is 81.5 cm³/mol. The Bertz CT molecular complexity index is 521. The molecule has 1 unspecified atom stereocenters. The van der Waals surface area contributed by atoms with E-state index in [0.29, 0.717) is 13.1 Å². The summed E-state index contributed by atoms with van der Waals surface area (Å²) in [6.45, 7) is 4.82. The van der Waals surface area contributed by atoms with Crippen molar-refractivity contribution in [3.05, 3.63) is 29.8 Å². The van der Waals surface area contributed by atoms with Gasteiger partial charge in [-0.15, -0.1) is 0 Å². The number of rotatable bonds is 4. The maximum Gasteiger partial charge on any atom is 0.324 e. The molecule has 0 aromatic heterocycles. The van der Waals surface area contributed by atoms with E-state index in [9.17, 15) is 9.59 Å². The highest BCUT2D eigenvalue weighted by Gasteiger charge is 2.38. The summed E-state index contributed by atoms with van der Waals surface area (Å²) in [6.07, 6.45) is 0.971. The Labute approximate surface area is 125 Å². The van der Waals surface area contributed by atoms with Crippen LogP contribution < -0.4 is 4.90 Å². The molecule has 0 spiro atoms. The third-order valence-electron chi connectivity index (χ3n) is 4.30. The largest absolute Gasteiger partial charge is 0.481 e. The quantitative estimate of drug-likeness (QED) is 0.926. The van der Waals surface area contributed by atoms with Crippen LogP contribution >= 0.6 is 0 Å². The molecule has 0 aliphatic carbocycles. The van der Waals surface area contributed by atoms with Crippen LogP contribution in [0.3, 0.4) is 0 Å².